The van der Waals surface area contributed by atoms with Crippen LogP contribution in [0.2, 0.25) is 0 Å². The van der Waals surface area contributed by atoms with Crippen molar-refractivity contribution in [3.05, 3.63) is 40.9 Å². The minimum atomic E-state index is -0.201. The molecule has 4 nitrogen and oxygen atoms in total. The summed E-state index contributed by atoms with van der Waals surface area (Å²) in [6.07, 6.45) is 0. The van der Waals surface area contributed by atoms with E-state index < -0.39 is 0 Å². The van der Waals surface area contributed by atoms with Gasteiger partial charge in [-0.05, 0) is 18.6 Å². The second kappa shape index (κ2) is 6.26. The molecule has 0 atom stereocenters. The first-order valence-corrected chi connectivity index (χ1v) is 7.68. The normalized spacial score (nSPS) is 11.2. The first kappa shape index (κ1) is 15.5. The minimum Gasteiger partial charge on any atom is -0.483 e. The fraction of sp³-hybridized carbons (Fsp3) is 0.375. The Hall–Kier alpha value is -1.88. The number of aryl methyl sites for hydroxylation is 1. The Bertz CT molecular complexity index is 629. The molecule has 0 aliphatic heterocycles. The number of nitrogens with zero attached hydrogens (tertiary/aromatic N) is 1. The van der Waals surface area contributed by atoms with Crippen LogP contribution in [-0.4, -0.2) is 17.5 Å². The highest BCUT2D eigenvalue weighted by molar-refractivity contribution is 7.13. The molecule has 0 saturated carbocycles. The summed E-state index contributed by atoms with van der Waals surface area (Å²) in [7, 11) is 0. The molecule has 1 aromatic heterocycles. The Morgan fingerprint density at radius 3 is 2.67 bits per heavy atom. The maximum absolute atomic E-state index is 11.9. The van der Waals surface area contributed by atoms with Gasteiger partial charge in [0.05, 0.1) is 5.69 Å². The SMILES string of the molecule is Cc1ccccc1OCC(=O)Nc1nc(C(C)(C)C)cs1. The molecule has 112 valence electrons. The maximum atomic E-state index is 11.9. The monoisotopic (exact) mass is 304 g/mol. The Morgan fingerprint density at radius 1 is 1.33 bits per heavy atom. The van der Waals surface area contributed by atoms with Gasteiger partial charge >= 0.3 is 0 Å². The molecule has 2 aromatic rings. The van der Waals surface area contributed by atoms with E-state index in [0.717, 1.165) is 17.0 Å². The van der Waals surface area contributed by atoms with E-state index in [9.17, 15) is 4.79 Å². The van der Waals surface area contributed by atoms with Crippen molar-refractivity contribution >= 4 is 22.4 Å². The zero-order valence-corrected chi connectivity index (χ0v) is 13.6. The van der Waals surface area contributed by atoms with Crippen molar-refractivity contribution in [3.63, 3.8) is 0 Å². The van der Waals surface area contributed by atoms with Gasteiger partial charge in [0.2, 0.25) is 0 Å². The van der Waals surface area contributed by atoms with Crippen LogP contribution >= 0.6 is 11.3 Å². The van der Waals surface area contributed by atoms with Crippen LogP contribution in [0.3, 0.4) is 0 Å². The van der Waals surface area contributed by atoms with Crippen molar-refractivity contribution in [3.8, 4) is 5.75 Å². The molecule has 21 heavy (non-hydrogen) atoms. The van der Waals surface area contributed by atoms with Gasteiger partial charge in [-0.15, -0.1) is 11.3 Å². The number of carbonyl (C=O) groups is 1. The number of ether oxygens (including phenoxy) is 1. The molecule has 2 rings (SSSR count). The number of hydrogen-bond donors (Lipinski definition) is 1. The standard InChI is InChI=1S/C16H20N2O2S/c1-11-7-5-6-8-12(11)20-9-14(19)18-15-17-13(10-21-15)16(2,3)4/h5-8,10H,9H2,1-4H3,(H,17,18,19). The van der Waals surface area contributed by atoms with E-state index in [1.807, 2.05) is 36.6 Å². The Kier molecular flexibility index (Phi) is 4.63. The summed E-state index contributed by atoms with van der Waals surface area (Å²) in [4.78, 5) is 16.3. The molecule has 1 aromatic carbocycles. The van der Waals surface area contributed by atoms with Crippen molar-refractivity contribution in [1.82, 2.24) is 4.98 Å². The van der Waals surface area contributed by atoms with Crippen LogP contribution in [0.4, 0.5) is 5.13 Å². The summed E-state index contributed by atoms with van der Waals surface area (Å²) in [5.41, 5.74) is 1.97. The van der Waals surface area contributed by atoms with Crippen LogP contribution in [0.1, 0.15) is 32.0 Å². The van der Waals surface area contributed by atoms with E-state index in [1.54, 1.807) is 0 Å². The van der Waals surface area contributed by atoms with E-state index in [2.05, 4.69) is 31.1 Å². The van der Waals surface area contributed by atoms with Gasteiger partial charge in [0.25, 0.3) is 5.91 Å². The molecule has 1 N–H and O–H groups in total. The van der Waals surface area contributed by atoms with Crippen LogP contribution in [0.25, 0.3) is 0 Å². The molecule has 0 saturated heterocycles. The number of para-hydroxylation sites is 1. The number of amides is 1. The molecule has 0 aliphatic carbocycles. The van der Waals surface area contributed by atoms with Gasteiger partial charge in [-0.1, -0.05) is 39.0 Å². The van der Waals surface area contributed by atoms with Crippen molar-refractivity contribution in [2.24, 2.45) is 0 Å². The first-order chi connectivity index (χ1) is 9.86. The van der Waals surface area contributed by atoms with Gasteiger partial charge in [0.1, 0.15) is 5.75 Å². The molecule has 0 unspecified atom stereocenters. The average molecular weight is 304 g/mol. The number of thiazole rings is 1. The van der Waals surface area contributed by atoms with Crippen molar-refractivity contribution in [2.75, 3.05) is 11.9 Å². The lowest BCUT2D eigenvalue weighted by Gasteiger charge is -2.14. The van der Waals surface area contributed by atoms with Crippen LogP contribution in [0.15, 0.2) is 29.6 Å². The summed E-state index contributed by atoms with van der Waals surface area (Å²) in [6.45, 7) is 8.21. The molecule has 5 heteroatoms. The van der Waals surface area contributed by atoms with Gasteiger partial charge in [0.15, 0.2) is 11.7 Å². The van der Waals surface area contributed by atoms with Crippen LogP contribution in [-0.2, 0) is 10.2 Å². The molecule has 0 aliphatic rings. The number of aromatic nitrogens is 1. The van der Waals surface area contributed by atoms with Crippen LogP contribution < -0.4 is 10.1 Å². The highest BCUT2D eigenvalue weighted by Gasteiger charge is 2.18. The quantitative estimate of drug-likeness (QED) is 0.935. The van der Waals surface area contributed by atoms with Crippen molar-refractivity contribution < 1.29 is 9.53 Å². The second-order valence-corrected chi connectivity index (χ2v) is 6.75. The van der Waals surface area contributed by atoms with Crippen molar-refractivity contribution in [2.45, 2.75) is 33.1 Å². The zero-order valence-electron chi connectivity index (χ0n) is 12.8. The molecule has 0 fully saturated rings. The maximum Gasteiger partial charge on any atom is 0.264 e. The fourth-order valence-electron chi connectivity index (χ4n) is 1.69. The van der Waals surface area contributed by atoms with Crippen LogP contribution in [0.5, 0.6) is 5.75 Å². The third kappa shape index (κ3) is 4.29. The highest BCUT2D eigenvalue weighted by atomic mass is 32.1. The van der Waals surface area contributed by atoms with E-state index in [4.69, 9.17) is 4.74 Å². The molecular formula is C16H20N2O2S. The smallest absolute Gasteiger partial charge is 0.264 e. The zero-order chi connectivity index (χ0) is 15.5. The van der Waals surface area contributed by atoms with Crippen molar-refractivity contribution in [1.29, 1.82) is 0 Å². The molecule has 0 radical (unpaired) electrons. The highest BCUT2D eigenvalue weighted by Crippen LogP contribution is 2.26. The average Bonchev–Trinajstić information content (AvgIpc) is 2.86. The van der Waals surface area contributed by atoms with Gasteiger partial charge < -0.3 is 4.74 Å². The number of nitrogens with one attached hydrogen (secondary N) is 1. The van der Waals surface area contributed by atoms with Gasteiger partial charge in [-0.25, -0.2) is 4.98 Å². The molecular weight excluding hydrogens is 284 g/mol. The number of carbonyl (C=O) groups excluding carboxylic acids is 1. The van der Waals surface area contributed by atoms with Crippen LogP contribution in [0, 0.1) is 6.92 Å². The first-order valence-electron chi connectivity index (χ1n) is 6.80. The molecule has 0 spiro atoms. The minimum absolute atomic E-state index is 0.0167. The number of benzene rings is 1. The summed E-state index contributed by atoms with van der Waals surface area (Å²) in [6, 6.07) is 7.62. The summed E-state index contributed by atoms with van der Waals surface area (Å²) in [5.74, 6) is 0.523. The number of anilines is 1. The topological polar surface area (TPSA) is 51.2 Å². The van der Waals surface area contributed by atoms with E-state index in [1.165, 1.54) is 11.3 Å². The molecule has 1 heterocycles. The number of hydrogen-bond acceptors (Lipinski definition) is 4. The Morgan fingerprint density at radius 2 is 2.05 bits per heavy atom. The summed E-state index contributed by atoms with van der Waals surface area (Å²) < 4.78 is 5.51. The lowest BCUT2D eigenvalue weighted by molar-refractivity contribution is -0.118. The van der Waals surface area contributed by atoms with Gasteiger partial charge in [-0.2, -0.15) is 0 Å². The fourth-order valence-corrected chi connectivity index (χ4v) is 2.65. The molecule has 0 bridgehead atoms. The predicted octanol–water partition coefficient (Wildman–Crippen LogP) is 3.77. The molecule has 1 amide bonds. The summed E-state index contributed by atoms with van der Waals surface area (Å²) >= 11 is 1.43. The lowest BCUT2D eigenvalue weighted by atomic mass is 9.93. The third-order valence-electron chi connectivity index (χ3n) is 2.97. The second-order valence-electron chi connectivity index (χ2n) is 5.89. The van der Waals surface area contributed by atoms with E-state index in [0.29, 0.717) is 5.13 Å². The third-order valence-corrected chi connectivity index (χ3v) is 3.73. The van der Waals surface area contributed by atoms with Gasteiger partial charge in [0, 0.05) is 10.8 Å². The van der Waals surface area contributed by atoms with E-state index >= 15 is 0 Å². The van der Waals surface area contributed by atoms with E-state index in [-0.39, 0.29) is 17.9 Å². The largest absolute Gasteiger partial charge is 0.483 e. The number of rotatable bonds is 4. The van der Waals surface area contributed by atoms with Gasteiger partial charge in [-0.3, -0.25) is 10.1 Å². The Balaban J connectivity index is 1.90. The lowest BCUT2D eigenvalue weighted by Crippen LogP contribution is -2.20. The summed E-state index contributed by atoms with van der Waals surface area (Å²) in [5, 5.41) is 5.35. The predicted molar refractivity (Wildman–Crippen MR) is 86.1 cm³/mol. The Labute approximate surface area is 129 Å².